The highest BCUT2D eigenvalue weighted by Crippen LogP contribution is 2.22. The van der Waals surface area contributed by atoms with E-state index >= 15 is 0 Å². The van der Waals surface area contributed by atoms with E-state index < -0.39 is 0 Å². The van der Waals surface area contributed by atoms with E-state index in [1.54, 1.807) is 11.9 Å². The molecule has 0 atom stereocenters. The molecule has 0 aliphatic carbocycles. The van der Waals surface area contributed by atoms with Gasteiger partial charge in [-0.1, -0.05) is 28.1 Å². The predicted molar refractivity (Wildman–Crippen MR) is 89.0 cm³/mol. The molecule has 0 spiro atoms. The number of hydrogen-bond acceptors (Lipinski definition) is 2. The zero-order valence-electron chi connectivity index (χ0n) is 12.4. The molecule has 21 heavy (non-hydrogen) atoms. The fraction of sp³-hybridized carbons (Fsp3) is 0.235. The minimum absolute atomic E-state index is 0.0194. The fourth-order valence-corrected chi connectivity index (χ4v) is 2.27. The van der Waals surface area contributed by atoms with E-state index in [1.165, 1.54) is 5.56 Å². The second-order valence-corrected chi connectivity index (χ2v) is 5.83. The van der Waals surface area contributed by atoms with E-state index in [0.29, 0.717) is 5.75 Å². The number of carbonyl (C=O) groups excluding carboxylic acids is 1. The molecule has 0 radical (unpaired) electrons. The van der Waals surface area contributed by atoms with Crippen molar-refractivity contribution in [3.8, 4) is 5.75 Å². The number of anilines is 1. The van der Waals surface area contributed by atoms with Gasteiger partial charge < -0.3 is 9.64 Å². The van der Waals surface area contributed by atoms with Crippen LogP contribution < -0.4 is 9.64 Å². The molecule has 3 nitrogen and oxygen atoms in total. The largest absolute Gasteiger partial charge is 0.484 e. The Morgan fingerprint density at radius 3 is 2.48 bits per heavy atom. The smallest absolute Gasteiger partial charge is 0.264 e. The maximum Gasteiger partial charge on any atom is 0.264 e. The second-order valence-electron chi connectivity index (χ2n) is 4.91. The van der Waals surface area contributed by atoms with E-state index in [9.17, 15) is 4.79 Å². The molecule has 0 heterocycles. The minimum Gasteiger partial charge on any atom is -0.484 e. The summed E-state index contributed by atoms with van der Waals surface area (Å²) in [6, 6.07) is 13.4. The van der Waals surface area contributed by atoms with E-state index in [0.717, 1.165) is 15.7 Å². The zero-order valence-corrected chi connectivity index (χ0v) is 14.0. The lowest BCUT2D eigenvalue weighted by molar-refractivity contribution is -0.120. The van der Waals surface area contributed by atoms with Gasteiger partial charge in [0.05, 0.1) is 0 Å². The number of nitrogens with zero attached hydrogens (tertiary/aromatic N) is 1. The van der Waals surface area contributed by atoms with Crippen LogP contribution in [-0.4, -0.2) is 19.6 Å². The molecule has 1 amide bonds. The number of amides is 1. The number of halogens is 1. The van der Waals surface area contributed by atoms with Gasteiger partial charge in [-0.25, -0.2) is 0 Å². The Morgan fingerprint density at radius 1 is 1.14 bits per heavy atom. The maximum atomic E-state index is 12.2. The summed E-state index contributed by atoms with van der Waals surface area (Å²) in [6.07, 6.45) is 0. The van der Waals surface area contributed by atoms with Gasteiger partial charge in [0.25, 0.3) is 5.91 Å². The number of rotatable bonds is 4. The van der Waals surface area contributed by atoms with Gasteiger partial charge in [0.2, 0.25) is 0 Å². The Balaban J connectivity index is 2.02. The summed E-state index contributed by atoms with van der Waals surface area (Å²) in [5.41, 5.74) is 3.19. The minimum atomic E-state index is -0.0772. The van der Waals surface area contributed by atoms with Crippen molar-refractivity contribution in [2.24, 2.45) is 0 Å². The SMILES string of the molecule is Cc1cccc(N(C)C(=O)COc2ccc(Br)cc2)c1C. The molecular weight excluding hydrogens is 330 g/mol. The van der Waals surface area contributed by atoms with Crippen LogP contribution in [0.15, 0.2) is 46.9 Å². The number of carbonyl (C=O) groups is 1. The molecule has 0 saturated carbocycles. The van der Waals surface area contributed by atoms with Crippen molar-refractivity contribution < 1.29 is 9.53 Å². The summed E-state index contributed by atoms with van der Waals surface area (Å²) in [5, 5.41) is 0. The number of ether oxygens (including phenoxy) is 1. The third kappa shape index (κ3) is 3.85. The molecule has 0 bridgehead atoms. The molecule has 0 aliphatic rings. The summed E-state index contributed by atoms with van der Waals surface area (Å²) in [4.78, 5) is 13.9. The first-order valence-corrected chi connectivity index (χ1v) is 7.49. The molecule has 2 aromatic rings. The molecule has 0 N–H and O–H groups in total. The van der Waals surface area contributed by atoms with Crippen molar-refractivity contribution in [3.05, 3.63) is 58.1 Å². The first-order chi connectivity index (χ1) is 9.99. The topological polar surface area (TPSA) is 29.5 Å². The first kappa shape index (κ1) is 15.6. The van der Waals surface area contributed by atoms with Crippen LogP contribution in [0, 0.1) is 13.8 Å². The average Bonchev–Trinajstić information content (AvgIpc) is 2.48. The van der Waals surface area contributed by atoms with Gasteiger partial charge in [0.1, 0.15) is 5.75 Å². The Kier molecular flexibility index (Phi) is 5.02. The van der Waals surface area contributed by atoms with Crippen molar-refractivity contribution in [3.63, 3.8) is 0 Å². The van der Waals surface area contributed by atoms with Crippen molar-refractivity contribution in [1.29, 1.82) is 0 Å². The number of hydrogen-bond donors (Lipinski definition) is 0. The van der Waals surface area contributed by atoms with Gasteiger partial charge in [-0.2, -0.15) is 0 Å². The predicted octanol–water partition coefficient (Wildman–Crippen LogP) is 4.11. The normalized spacial score (nSPS) is 10.3. The third-order valence-corrected chi connectivity index (χ3v) is 4.02. The number of benzene rings is 2. The molecule has 110 valence electrons. The van der Waals surface area contributed by atoms with Crippen LogP contribution in [0.5, 0.6) is 5.75 Å². The van der Waals surface area contributed by atoms with Gasteiger partial charge in [-0.15, -0.1) is 0 Å². The van der Waals surface area contributed by atoms with E-state index in [1.807, 2.05) is 56.3 Å². The number of aryl methyl sites for hydroxylation is 1. The van der Waals surface area contributed by atoms with Crippen molar-refractivity contribution >= 4 is 27.5 Å². The second kappa shape index (κ2) is 6.76. The average molecular weight is 348 g/mol. The van der Waals surface area contributed by atoms with Crippen molar-refractivity contribution in [2.75, 3.05) is 18.6 Å². The molecular formula is C17H18BrNO2. The van der Waals surface area contributed by atoms with Gasteiger partial charge in [-0.3, -0.25) is 4.79 Å². The third-order valence-electron chi connectivity index (χ3n) is 3.49. The first-order valence-electron chi connectivity index (χ1n) is 6.70. The summed E-state index contributed by atoms with van der Waals surface area (Å²) in [6.45, 7) is 4.07. The van der Waals surface area contributed by atoms with Crippen molar-refractivity contribution in [2.45, 2.75) is 13.8 Å². The van der Waals surface area contributed by atoms with E-state index in [-0.39, 0.29) is 12.5 Å². The molecule has 2 rings (SSSR count). The van der Waals surface area contributed by atoms with Gasteiger partial charge in [-0.05, 0) is 55.3 Å². The van der Waals surface area contributed by atoms with Crippen LogP contribution >= 0.6 is 15.9 Å². The Hall–Kier alpha value is -1.81. The Morgan fingerprint density at radius 2 is 1.81 bits per heavy atom. The molecule has 2 aromatic carbocycles. The molecule has 0 aliphatic heterocycles. The standard InChI is InChI=1S/C17H18BrNO2/c1-12-5-4-6-16(13(12)2)19(3)17(20)11-21-15-9-7-14(18)8-10-15/h4-10H,11H2,1-3H3. The summed E-state index contributed by atoms with van der Waals surface area (Å²) in [5.74, 6) is 0.604. The monoisotopic (exact) mass is 347 g/mol. The van der Waals surface area contributed by atoms with Gasteiger partial charge in [0, 0.05) is 17.2 Å². The van der Waals surface area contributed by atoms with Crippen LogP contribution in [0.3, 0.4) is 0 Å². The highest BCUT2D eigenvalue weighted by atomic mass is 79.9. The molecule has 0 fully saturated rings. The quantitative estimate of drug-likeness (QED) is 0.832. The summed E-state index contributed by atoms with van der Waals surface area (Å²) >= 11 is 3.36. The van der Waals surface area contributed by atoms with Crippen LogP contribution in [-0.2, 0) is 4.79 Å². The maximum absolute atomic E-state index is 12.2. The summed E-state index contributed by atoms with van der Waals surface area (Å²) in [7, 11) is 1.77. The molecule has 4 heteroatoms. The van der Waals surface area contributed by atoms with E-state index in [2.05, 4.69) is 15.9 Å². The van der Waals surface area contributed by atoms with Crippen LogP contribution in [0.25, 0.3) is 0 Å². The zero-order chi connectivity index (χ0) is 15.4. The lowest BCUT2D eigenvalue weighted by atomic mass is 10.1. The highest BCUT2D eigenvalue weighted by Gasteiger charge is 2.14. The van der Waals surface area contributed by atoms with Gasteiger partial charge in [0.15, 0.2) is 6.61 Å². The lowest BCUT2D eigenvalue weighted by Crippen LogP contribution is -2.31. The highest BCUT2D eigenvalue weighted by molar-refractivity contribution is 9.10. The lowest BCUT2D eigenvalue weighted by Gasteiger charge is -2.20. The van der Waals surface area contributed by atoms with Gasteiger partial charge >= 0.3 is 0 Å². The fourth-order valence-electron chi connectivity index (χ4n) is 2.01. The Bertz CT molecular complexity index is 638. The molecule has 0 unspecified atom stereocenters. The summed E-state index contributed by atoms with van der Waals surface area (Å²) < 4.78 is 6.50. The van der Waals surface area contributed by atoms with Crippen LogP contribution in [0.2, 0.25) is 0 Å². The van der Waals surface area contributed by atoms with E-state index in [4.69, 9.17) is 4.74 Å². The number of likely N-dealkylation sites (N-methyl/N-ethyl adjacent to an activating group) is 1. The molecule has 0 aromatic heterocycles. The van der Waals surface area contributed by atoms with Crippen LogP contribution in [0.1, 0.15) is 11.1 Å². The van der Waals surface area contributed by atoms with Crippen LogP contribution in [0.4, 0.5) is 5.69 Å². The molecule has 0 saturated heterocycles. The Labute approximate surface area is 133 Å². The van der Waals surface area contributed by atoms with Crippen molar-refractivity contribution in [1.82, 2.24) is 0 Å².